The summed E-state index contributed by atoms with van der Waals surface area (Å²) >= 11 is 0. The SMILES string of the molecule is CCCC(=O)N1CCCC(C(=O)N2CCN(Cc3cccc(C(F)(F)F)c3)CC2)C1. The highest BCUT2D eigenvalue weighted by Crippen LogP contribution is 2.30. The Morgan fingerprint density at radius 1 is 1.07 bits per heavy atom. The predicted octanol–water partition coefficient (Wildman–Crippen LogP) is 3.39. The number of amides is 2. The first-order valence-electron chi connectivity index (χ1n) is 10.7. The molecule has 0 saturated carbocycles. The molecule has 2 aliphatic rings. The molecule has 1 atom stereocenters. The normalized spacial score (nSPS) is 21.0. The predicted molar refractivity (Wildman–Crippen MR) is 108 cm³/mol. The fraction of sp³-hybridized carbons (Fsp3) is 0.636. The van der Waals surface area contributed by atoms with Gasteiger partial charge in [0.05, 0.1) is 11.5 Å². The zero-order valence-corrected chi connectivity index (χ0v) is 17.5. The molecule has 0 radical (unpaired) electrons. The summed E-state index contributed by atoms with van der Waals surface area (Å²) in [6, 6.07) is 5.42. The molecular weight excluding hydrogens is 395 g/mol. The lowest BCUT2D eigenvalue weighted by Gasteiger charge is -2.39. The van der Waals surface area contributed by atoms with Gasteiger partial charge in [0.1, 0.15) is 0 Å². The van der Waals surface area contributed by atoms with Gasteiger partial charge in [0.15, 0.2) is 0 Å². The molecule has 0 N–H and O–H groups in total. The van der Waals surface area contributed by atoms with Gasteiger partial charge in [0, 0.05) is 52.2 Å². The van der Waals surface area contributed by atoms with E-state index in [4.69, 9.17) is 0 Å². The summed E-state index contributed by atoms with van der Waals surface area (Å²) in [5.41, 5.74) is -0.00440. The van der Waals surface area contributed by atoms with E-state index in [2.05, 4.69) is 4.90 Å². The van der Waals surface area contributed by atoms with Crippen LogP contribution in [0.25, 0.3) is 0 Å². The van der Waals surface area contributed by atoms with Gasteiger partial charge < -0.3 is 9.80 Å². The van der Waals surface area contributed by atoms with Crippen molar-refractivity contribution in [2.75, 3.05) is 39.3 Å². The lowest BCUT2D eigenvalue weighted by atomic mass is 9.95. The molecule has 8 heteroatoms. The number of hydrogen-bond acceptors (Lipinski definition) is 3. The van der Waals surface area contributed by atoms with Crippen LogP contribution in [0.3, 0.4) is 0 Å². The van der Waals surface area contributed by atoms with Gasteiger partial charge in [-0.3, -0.25) is 14.5 Å². The van der Waals surface area contributed by atoms with Crippen LogP contribution in [0, 0.1) is 5.92 Å². The average molecular weight is 425 g/mol. The number of rotatable bonds is 5. The van der Waals surface area contributed by atoms with Gasteiger partial charge in [0.2, 0.25) is 11.8 Å². The Kier molecular flexibility index (Phi) is 7.39. The van der Waals surface area contributed by atoms with Crippen molar-refractivity contribution in [1.29, 1.82) is 0 Å². The van der Waals surface area contributed by atoms with E-state index in [1.807, 2.05) is 16.7 Å². The minimum atomic E-state index is -4.34. The molecule has 2 heterocycles. The van der Waals surface area contributed by atoms with Crippen molar-refractivity contribution < 1.29 is 22.8 Å². The number of hydrogen-bond donors (Lipinski definition) is 0. The van der Waals surface area contributed by atoms with Crippen LogP contribution in [0.15, 0.2) is 24.3 Å². The first-order chi connectivity index (χ1) is 14.3. The van der Waals surface area contributed by atoms with E-state index in [-0.39, 0.29) is 17.7 Å². The van der Waals surface area contributed by atoms with Crippen molar-refractivity contribution in [3.05, 3.63) is 35.4 Å². The number of carbonyl (C=O) groups is 2. The summed E-state index contributed by atoms with van der Waals surface area (Å²) in [4.78, 5) is 30.9. The Morgan fingerprint density at radius 2 is 1.80 bits per heavy atom. The van der Waals surface area contributed by atoms with Crippen LogP contribution in [0.1, 0.15) is 43.7 Å². The van der Waals surface area contributed by atoms with Gasteiger partial charge in [-0.2, -0.15) is 13.2 Å². The summed E-state index contributed by atoms with van der Waals surface area (Å²) in [5.74, 6) is 0.0817. The van der Waals surface area contributed by atoms with Crippen molar-refractivity contribution in [2.45, 2.75) is 45.3 Å². The fourth-order valence-electron chi connectivity index (χ4n) is 4.27. The Hall–Kier alpha value is -2.09. The second-order valence-electron chi connectivity index (χ2n) is 8.23. The molecule has 0 aliphatic carbocycles. The zero-order chi connectivity index (χ0) is 21.7. The molecule has 2 aliphatic heterocycles. The zero-order valence-electron chi connectivity index (χ0n) is 17.5. The van der Waals surface area contributed by atoms with Gasteiger partial charge in [-0.15, -0.1) is 0 Å². The summed E-state index contributed by atoms with van der Waals surface area (Å²) in [7, 11) is 0. The first kappa shape index (κ1) is 22.6. The van der Waals surface area contributed by atoms with Crippen molar-refractivity contribution >= 4 is 11.8 Å². The second-order valence-corrected chi connectivity index (χ2v) is 8.23. The maximum atomic E-state index is 12.9. The van der Waals surface area contributed by atoms with Crippen molar-refractivity contribution in [3.63, 3.8) is 0 Å². The van der Waals surface area contributed by atoms with Gasteiger partial charge in [-0.05, 0) is 30.9 Å². The Morgan fingerprint density at radius 3 is 2.47 bits per heavy atom. The van der Waals surface area contributed by atoms with Crippen LogP contribution in [0.4, 0.5) is 13.2 Å². The number of carbonyl (C=O) groups excluding carboxylic acids is 2. The maximum Gasteiger partial charge on any atom is 0.416 e. The molecule has 0 bridgehead atoms. The smallest absolute Gasteiger partial charge is 0.342 e. The molecule has 1 aromatic rings. The molecule has 2 fully saturated rings. The van der Waals surface area contributed by atoms with Crippen LogP contribution in [0.5, 0.6) is 0 Å². The molecule has 2 saturated heterocycles. The molecule has 30 heavy (non-hydrogen) atoms. The molecule has 0 aromatic heterocycles. The van der Waals surface area contributed by atoms with E-state index in [1.54, 1.807) is 6.07 Å². The van der Waals surface area contributed by atoms with Crippen LogP contribution >= 0.6 is 0 Å². The van der Waals surface area contributed by atoms with E-state index < -0.39 is 11.7 Å². The van der Waals surface area contributed by atoms with Crippen LogP contribution in [0.2, 0.25) is 0 Å². The molecule has 1 aromatic carbocycles. The van der Waals surface area contributed by atoms with E-state index in [0.717, 1.165) is 31.9 Å². The largest absolute Gasteiger partial charge is 0.416 e. The Bertz CT molecular complexity index is 745. The van der Waals surface area contributed by atoms with Crippen LogP contribution in [-0.4, -0.2) is 65.8 Å². The topological polar surface area (TPSA) is 43.9 Å². The number of likely N-dealkylation sites (tertiary alicyclic amines) is 1. The number of alkyl halides is 3. The lowest BCUT2D eigenvalue weighted by molar-refractivity contribution is -0.142. The minimum absolute atomic E-state index is 0.0997. The second kappa shape index (κ2) is 9.81. The van der Waals surface area contributed by atoms with Crippen LogP contribution in [-0.2, 0) is 22.3 Å². The molecule has 0 spiro atoms. The summed E-state index contributed by atoms with van der Waals surface area (Å²) in [6.07, 6.45) is -1.36. The summed E-state index contributed by atoms with van der Waals surface area (Å²) in [6.45, 7) is 6.04. The van der Waals surface area contributed by atoms with E-state index >= 15 is 0 Å². The van der Waals surface area contributed by atoms with Gasteiger partial charge in [-0.1, -0.05) is 25.1 Å². The highest BCUT2D eigenvalue weighted by Gasteiger charge is 2.33. The van der Waals surface area contributed by atoms with Gasteiger partial charge in [-0.25, -0.2) is 0 Å². The van der Waals surface area contributed by atoms with Crippen molar-refractivity contribution in [1.82, 2.24) is 14.7 Å². The molecule has 3 rings (SSSR count). The Balaban J connectivity index is 1.50. The third kappa shape index (κ3) is 5.74. The average Bonchev–Trinajstić information content (AvgIpc) is 2.74. The van der Waals surface area contributed by atoms with E-state index in [9.17, 15) is 22.8 Å². The molecule has 1 unspecified atom stereocenters. The molecule has 166 valence electrons. The monoisotopic (exact) mass is 425 g/mol. The van der Waals surface area contributed by atoms with E-state index in [1.165, 1.54) is 12.1 Å². The quantitative estimate of drug-likeness (QED) is 0.727. The molecule has 2 amide bonds. The van der Waals surface area contributed by atoms with E-state index in [0.29, 0.717) is 51.3 Å². The third-order valence-corrected chi connectivity index (χ3v) is 5.93. The fourth-order valence-corrected chi connectivity index (χ4v) is 4.27. The van der Waals surface area contributed by atoms with Crippen molar-refractivity contribution in [2.24, 2.45) is 5.92 Å². The number of piperidine rings is 1. The standard InChI is InChI=1S/C22H30F3N3O2/c1-2-5-20(29)28-9-4-7-18(16-28)21(30)27-12-10-26(11-13-27)15-17-6-3-8-19(14-17)22(23,24)25/h3,6,8,14,18H,2,4-5,7,9-13,15-16H2,1H3. The number of benzene rings is 1. The summed E-state index contributed by atoms with van der Waals surface area (Å²) < 4.78 is 38.7. The number of nitrogens with zero attached hydrogens (tertiary/aromatic N) is 3. The summed E-state index contributed by atoms with van der Waals surface area (Å²) in [5, 5.41) is 0. The minimum Gasteiger partial charge on any atom is -0.342 e. The first-order valence-corrected chi connectivity index (χ1v) is 10.7. The number of halogens is 3. The van der Waals surface area contributed by atoms with Gasteiger partial charge >= 0.3 is 6.18 Å². The highest BCUT2D eigenvalue weighted by atomic mass is 19.4. The van der Waals surface area contributed by atoms with Crippen LogP contribution < -0.4 is 0 Å². The third-order valence-electron chi connectivity index (χ3n) is 5.93. The molecule has 5 nitrogen and oxygen atoms in total. The van der Waals surface area contributed by atoms with Gasteiger partial charge in [0.25, 0.3) is 0 Å². The number of piperazine rings is 1. The molecular formula is C22H30F3N3O2. The Labute approximate surface area is 175 Å². The highest BCUT2D eigenvalue weighted by molar-refractivity contribution is 5.81. The van der Waals surface area contributed by atoms with Crippen molar-refractivity contribution in [3.8, 4) is 0 Å². The lowest BCUT2D eigenvalue weighted by Crippen LogP contribution is -2.52. The maximum absolute atomic E-state index is 12.9.